The number of nitrogens with two attached hydrogens (primary N) is 1. The Morgan fingerprint density at radius 3 is 2.04 bits per heavy atom. The fourth-order valence-electron chi connectivity index (χ4n) is 2.67. The Bertz CT molecular complexity index is 773. The summed E-state index contributed by atoms with van der Waals surface area (Å²) >= 11 is 0. The molecule has 2 heteroatoms. The predicted molar refractivity (Wildman–Crippen MR) is 99.6 cm³/mol. The summed E-state index contributed by atoms with van der Waals surface area (Å²) in [5.74, 6) is 0. The summed E-state index contributed by atoms with van der Waals surface area (Å²) < 4.78 is 0. The first-order valence-corrected chi connectivity index (χ1v) is 7.84. The SMILES string of the molecule is CCN=C1C=CC(=C(c2ccccc2)c2ccc(N)cc2)C=C1. The molecule has 0 atom stereocenters. The Morgan fingerprint density at radius 1 is 0.826 bits per heavy atom. The molecule has 0 aromatic heterocycles. The van der Waals surface area contributed by atoms with Crippen LogP contribution in [0.4, 0.5) is 5.69 Å². The molecule has 114 valence electrons. The van der Waals surface area contributed by atoms with E-state index in [0.717, 1.165) is 23.5 Å². The zero-order valence-corrected chi connectivity index (χ0v) is 13.2. The molecule has 3 rings (SSSR count). The smallest absolute Gasteiger partial charge is 0.0574 e. The zero-order chi connectivity index (χ0) is 16.1. The Kier molecular flexibility index (Phi) is 4.53. The van der Waals surface area contributed by atoms with E-state index in [1.807, 2.05) is 25.1 Å². The number of hydrogen-bond acceptors (Lipinski definition) is 2. The van der Waals surface area contributed by atoms with E-state index in [2.05, 4.69) is 65.7 Å². The predicted octanol–water partition coefficient (Wildman–Crippen LogP) is 4.66. The minimum atomic E-state index is 0.776. The van der Waals surface area contributed by atoms with Crippen LogP contribution < -0.4 is 5.73 Å². The van der Waals surface area contributed by atoms with Gasteiger partial charge < -0.3 is 5.73 Å². The van der Waals surface area contributed by atoms with Gasteiger partial charge in [-0.05, 0) is 53.5 Å². The molecule has 2 N–H and O–H groups in total. The standard InChI is InChI=1S/C21H20N2/c1-2-23-20-14-10-18(11-15-20)21(16-6-4-3-5-7-16)17-8-12-19(22)13-9-17/h3-15H,2,22H2,1H3. The first kappa shape index (κ1) is 15.0. The fraction of sp³-hybridized carbons (Fsp3) is 0.0952. The summed E-state index contributed by atoms with van der Waals surface area (Å²) in [4.78, 5) is 4.44. The van der Waals surface area contributed by atoms with Crippen molar-refractivity contribution in [3.63, 3.8) is 0 Å². The van der Waals surface area contributed by atoms with E-state index < -0.39 is 0 Å². The third-order valence-electron chi connectivity index (χ3n) is 3.76. The second-order valence-corrected chi connectivity index (χ2v) is 5.38. The highest BCUT2D eigenvalue weighted by atomic mass is 14.7. The highest BCUT2D eigenvalue weighted by Gasteiger charge is 2.10. The van der Waals surface area contributed by atoms with Crippen molar-refractivity contribution in [3.8, 4) is 0 Å². The van der Waals surface area contributed by atoms with Crippen molar-refractivity contribution >= 4 is 17.0 Å². The molecule has 2 aromatic carbocycles. The lowest BCUT2D eigenvalue weighted by Crippen LogP contribution is -1.98. The van der Waals surface area contributed by atoms with Gasteiger partial charge in [0.05, 0.1) is 5.71 Å². The van der Waals surface area contributed by atoms with Crippen LogP contribution in [0.25, 0.3) is 5.57 Å². The summed E-state index contributed by atoms with van der Waals surface area (Å²) in [5, 5.41) is 0. The first-order valence-electron chi connectivity index (χ1n) is 7.84. The molecule has 0 fully saturated rings. The summed E-state index contributed by atoms with van der Waals surface area (Å²) in [6.45, 7) is 2.84. The van der Waals surface area contributed by atoms with Gasteiger partial charge in [-0.1, -0.05) is 54.6 Å². The molecule has 0 unspecified atom stereocenters. The van der Waals surface area contributed by atoms with Gasteiger partial charge in [0.15, 0.2) is 0 Å². The first-order chi connectivity index (χ1) is 11.3. The number of benzene rings is 2. The van der Waals surface area contributed by atoms with Gasteiger partial charge >= 0.3 is 0 Å². The van der Waals surface area contributed by atoms with E-state index in [4.69, 9.17) is 5.73 Å². The molecule has 0 aliphatic heterocycles. The van der Waals surface area contributed by atoms with Crippen LogP contribution in [0, 0.1) is 0 Å². The van der Waals surface area contributed by atoms with Crippen LogP contribution in [0.5, 0.6) is 0 Å². The summed E-state index contributed by atoms with van der Waals surface area (Å²) in [6.07, 6.45) is 8.40. The van der Waals surface area contributed by atoms with Crippen LogP contribution in [-0.4, -0.2) is 12.3 Å². The number of nitrogen functional groups attached to an aromatic ring is 1. The molecule has 0 amide bonds. The van der Waals surface area contributed by atoms with Crippen molar-refractivity contribution < 1.29 is 0 Å². The van der Waals surface area contributed by atoms with Crippen molar-refractivity contribution in [2.45, 2.75) is 6.92 Å². The third kappa shape index (κ3) is 3.49. The van der Waals surface area contributed by atoms with Gasteiger partial charge in [-0.3, -0.25) is 4.99 Å². The molecule has 1 aliphatic rings. The number of hydrogen-bond donors (Lipinski definition) is 1. The lowest BCUT2D eigenvalue weighted by Gasteiger charge is -2.14. The molecular weight excluding hydrogens is 280 g/mol. The summed E-state index contributed by atoms with van der Waals surface area (Å²) in [6, 6.07) is 18.5. The lowest BCUT2D eigenvalue weighted by molar-refractivity contribution is 1.13. The molecule has 0 saturated carbocycles. The van der Waals surface area contributed by atoms with Gasteiger partial charge in [0.1, 0.15) is 0 Å². The average molecular weight is 300 g/mol. The van der Waals surface area contributed by atoms with Crippen LogP contribution in [0.2, 0.25) is 0 Å². The number of anilines is 1. The number of nitrogens with zero attached hydrogens (tertiary/aromatic N) is 1. The van der Waals surface area contributed by atoms with Crippen molar-refractivity contribution in [1.29, 1.82) is 0 Å². The highest BCUT2D eigenvalue weighted by molar-refractivity contribution is 6.07. The average Bonchev–Trinajstić information content (AvgIpc) is 2.60. The van der Waals surface area contributed by atoms with Crippen molar-refractivity contribution in [3.05, 3.63) is 95.6 Å². The number of aliphatic imine (C=N–C) groups is 1. The van der Waals surface area contributed by atoms with Crippen molar-refractivity contribution in [2.24, 2.45) is 4.99 Å². The number of rotatable bonds is 3. The van der Waals surface area contributed by atoms with Crippen LogP contribution in [0.1, 0.15) is 18.1 Å². The molecule has 1 aliphatic carbocycles. The number of allylic oxidation sites excluding steroid dienone is 5. The largest absolute Gasteiger partial charge is 0.399 e. The zero-order valence-electron chi connectivity index (χ0n) is 13.2. The van der Waals surface area contributed by atoms with Gasteiger partial charge in [0.2, 0.25) is 0 Å². The van der Waals surface area contributed by atoms with Crippen molar-refractivity contribution in [1.82, 2.24) is 0 Å². The molecule has 23 heavy (non-hydrogen) atoms. The van der Waals surface area contributed by atoms with Gasteiger partial charge in [-0.15, -0.1) is 0 Å². The molecule has 0 bridgehead atoms. The van der Waals surface area contributed by atoms with E-state index in [1.54, 1.807) is 0 Å². The quantitative estimate of drug-likeness (QED) is 0.823. The fourth-order valence-corrected chi connectivity index (χ4v) is 2.67. The van der Waals surface area contributed by atoms with Gasteiger partial charge in [-0.2, -0.15) is 0 Å². The van der Waals surface area contributed by atoms with Crippen LogP contribution >= 0.6 is 0 Å². The minimum absolute atomic E-state index is 0.776. The van der Waals surface area contributed by atoms with E-state index in [-0.39, 0.29) is 0 Å². The minimum Gasteiger partial charge on any atom is -0.399 e. The third-order valence-corrected chi connectivity index (χ3v) is 3.76. The maximum absolute atomic E-state index is 5.84. The molecule has 2 aromatic rings. The molecule has 0 radical (unpaired) electrons. The monoisotopic (exact) mass is 300 g/mol. The van der Waals surface area contributed by atoms with Crippen LogP contribution in [0.15, 0.2) is 89.5 Å². The van der Waals surface area contributed by atoms with E-state index in [0.29, 0.717) is 0 Å². The van der Waals surface area contributed by atoms with Gasteiger partial charge in [-0.25, -0.2) is 0 Å². The lowest BCUT2D eigenvalue weighted by atomic mass is 9.91. The molecular formula is C21H20N2. The summed E-state index contributed by atoms with van der Waals surface area (Å²) in [5.41, 5.74) is 12.4. The van der Waals surface area contributed by atoms with Crippen LogP contribution in [-0.2, 0) is 0 Å². The second-order valence-electron chi connectivity index (χ2n) is 5.38. The maximum Gasteiger partial charge on any atom is 0.0574 e. The van der Waals surface area contributed by atoms with Gasteiger partial charge in [0.25, 0.3) is 0 Å². The maximum atomic E-state index is 5.84. The molecule has 2 nitrogen and oxygen atoms in total. The Labute approximate surface area is 137 Å². The molecule has 0 spiro atoms. The topological polar surface area (TPSA) is 38.4 Å². The van der Waals surface area contributed by atoms with E-state index in [9.17, 15) is 0 Å². The Hall–Kier alpha value is -2.87. The molecule has 0 saturated heterocycles. The normalized spacial score (nSPS) is 13.3. The van der Waals surface area contributed by atoms with Crippen molar-refractivity contribution in [2.75, 3.05) is 12.3 Å². The highest BCUT2D eigenvalue weighted by Crippen LogP contribution is 2.30. The molecule has 0 heterocycles. The van der Waals surface area contributed by atoms with Gasteiger partial charge in [0, 0.05) is 12.2 Å². The second kappa shape index (κ2) is 6.93. The Morgan fingerprint density at radius 2 is 1.43 bits per heavy atom. The van der Waals surface area contributed by atoms with E-state index in [1.165, 1.54) is 16.7 Å². The Balaban J connectivity index is 2.12. The summed E-state index contributed by atoms with van der Waals surface area (Å²) in [7, 11) is 0. The van der Waals surface area contributed by atoms with Crippen LogP contribution in [0.3, 0.4) is 0 Å². The van der Waals surface area contributed by atoms with E-state index >= 15 is 0 Å².